The number of carbonyl (C=O) groups excluding carboxylic acids is 1. The Morgan fingerprint density at radius 3 is 2.64 bits per heavy atom. The zero-order chi connectivity index (χ0) is 22.9. The molecule has 0 aliphatic carbocycles. The van der Waals surface area contributed by atoms with E-state index >= 15 is 0 Å². The first-order chi connectivity index (χ1) is 16.0. The van der Waals surface area contributed by atoms with Crippen LogP contribution in [0.15, 0.2) is 77.7 Å². The Bertz CT molecular complexity index is 1380. The van der Waals surface area contributed by atoms with Gasteiger partial charge in [0.1, 0.15) is 0 Å². The number of benzene rings is 3. The molecule has 0 spiro atoms. The highest BCUT2D eigenvalue weighted by molar-refractivity contribution is 8.05. The van der Waals surface area contributed by atoms with E-state index < -0.39 is 0 Å². The lowest BCUT2D eigenvalue weighted by molar-refractivity contribution is -0.116. The van der Waals surface area contributed by atoms with Gasteiger partial charge in [0.2, 0.25) is 0 Å². The highest BCUT2D eigenvalue weighted by Gasteiger charge is 2.28. The average molecular weight is 474 g/mol. The van der Waals surface area contributed by atoms with Gasteiger partial charge in [-0.05, 0) is 49.2 Å². The summed E-state index contributed by atoms with van der Waals surface area (Å²) in [5.41, 5.74) is 6.37. The highest BCUT2D eigenvalue weighted by Crippen LogP contribution is 2.35. The Hall–Kier alpha value is -3.15. The molecule has 6 heteroatoms. The lowest BCUT2D eigenvalue weighted by atomic mass is 10.1. The monoisotopic (exact) mass is 473 g/mol. The van der Waals surface area contributed by atoms with Gasteiger partial charge in [0, 0.05) is 39.4 Å². The topological polar surface area (TPSA) is 46.1 Å². The number of halogens is 1. The molecule has 5 rings (SSSR count). The molecular formula is C27H24ClN3OS. The number of carbonyl (C=O) groups is 1. The van der Waals surface area contributed by atoms with Crippen LogP contribution in [-0.2, 0) is 11.3 Å². The number of hydrogen-bond donors (Lipinski definition) is 2. The molecule has 0 radical (unpaired) electrons. The van der Waals surface area contributed by atoms with E-state index in [0.29, 0.717) is 9.93 Å². The molecule has 1 amide bonds. The van der Waals surface area contributed by atoms with Gasteiger partial charge in [-0.15, -0.1) is 0 Å². The largest absolute Gasteiger partial charge is 0.356 e. The summed E-state index contributed by atoms with van der Waals surface area (Å²) in [6, 6.07) is 24.5. The molecule has 4 nitrogen and oxygen atoms in total. The van der Waals surface area contributed by atoms with Crippen molar-refractivity contribution in [3.05, 3.63) is 105 Å². The number of rotatable bonds is 5. The molecular weight excluding hydrogens is 450 g/mol. The van der Waals surface area contributed by atoms with E-state index in [4.69, 9.17) is 11.6 Å². The predicted octanol–water partition coefficient (Wildman–Crippen LogP) is 6.56. The first kappa shape index (κ1) is 21.7. The van der Waals surface area contributed by atoms with E-state index in [0.717, 1.165) is 34.4 Å². The molecule has 1 aromatic heterocycles. The van der Waals surface area contributed by atoms with E-state index in [1.165, 1.54) is 22.8 Å². The Morgan fingerprint density at radius 1 is 1.06 bits per heavy atom. The molecule has 1 aliphatic rings. The SMILES string of the molecule is Cc1ccc(Cl)cc1NC1NC(=O)/C(=C/c2c(C)n(Cc3ccccc3)c3ccccc23)S1. The van der Waals surface area contributed by atoms with Crippen molar-refractivity contribution < 1.29 is 4.79 Å². The van der Waals surface area contributed by atoms with Crippen LogP contribution in [0.3, 0.4) is 0 Å². The number of aromatic nitrogens is 1. The molecule has 3 aromatic carbocycles. The summed E-state index contributed by atoms with van der Waals surface area (Å²) < 4.78 is 2.32. The van der Waals surface area contributed by atoms with Crippen LogP contribution in [0.2, 0.25) is 5.02 Å². The second-order valence-corrected chi connectivity index (χ2v) is 9.75. The third-order valence-corrected chi connectivity index (χ3v) is 7.22. The molecule has 166 valence electrons. The fraction of sp³-hybridized carbons (Fsp3) is 0.148. The van der Waals surface area contributed by atoms with Crippen LogP contribution in [0, 0.1) is 13.8 Å². The second-order valence-electron chi connectivity index (χ2n) is 8.17. The van der Waals surface area contributed by atoms with Gasteiger partial charge in [0.05, 0.1) is 4.91 Å². The average Bonchev–Trinajstić information content (AvgIpc) is 3.29. The quantitative estimate of drug-likeness (QED) is 0.323. The first-order valence-electron chi connectivity index (χ1n) is 10.8. The van der Waals surface area contributed by atoms with Crippen LogP contribution in [-0.4, -0.2) is 16.0 Å². The summed E-state index contributed by atoms with van der Waals surface area (Å²) >= 11 is 7.64. The maximum Gasteiger partial charge on any atom is 0.260 e. The fourth-order valence-corrected chi connectivity index (χ4v) is 5.33. The third-order valence-electron chi connectivity index (χ3n) is 5.96. The summed E-state index contributed by atoms with van der Waals surface area (Å²) in [6.07, 6.45) is 2.02. The molecule has 33 heavy (non-hydrogen) atoms. The summed E-state index contributed by atoms with van der Waals surface area (Å²) in [5.74, 6) is -0.0727. The molecule has 1 unspecified atom stereocenters. The van der Waals surface area contributed by atoms with Crippen molar-refractivity contribution in [3.63, 3.8) is 0 Å². The van der Waals surface area contributed by atoms with Crippen molar-refractivity contribution in [1.29, 1.82) is 0 Å². The molecule has 1 fully saturated rings. The molecule has 0 bridgehead atoms. The smallest absolute Gasteiger partial charge is 0.260 e. The van der Waals surface area contributed by atoms with Crippen molar-refractivity contribution in [2.45, 2.75) is 25.9 Å². The fourth-order valence-electron chi connectivity index (χ4n) is 4.20. The summed E-state index contributed by atoms with van der Waals surface area (Å²) in [5, 5.41) is 8.22. The van der Waals surface area contributed by atoms with Gasteiger partial charge in [-0.2, -0.15) is 0 Å². The van der Waals surface area contributed by atoms with Gasteiger partial charge in [0.15, 0.2) is 5.50 Å². The zero-order valence-corrected chi connectivity index (χ0v) is 20.0. The lowest BCUT2D eigenvalue weighted by Gasteiger charge is -2.15. The maximum absolute atomic E-state index is 12.8. The lowest BCUT2D eigenvalue weighted by Crippen LogP contribution is -2.31. The Morgan fingerprint density at radius 2 is 1.82 bits per heavy atom. The van der Waals surface area contributed by atoms with Gasteiger partial charge in [-0.3, -0.25) is 4.79 Å². The number of para-hydroxylation sites is 1. The number of thioether (sulfide) groups is 1. The van der Waals surface area contributed by atoms with E-state index in [9.17, 15) is 4.79 Å². The van der Waals surface area contributed by atoms with Gasteiger partial charge in [-0.1, -0.05) is 78.0 Å². The number of hydrogen-bond acceptors (Lipinski definition) is 3. The van der Waals surface area contributed by atoms with Gasteiger partial charge in [0.25, 0.3) is 5.91 Å². The summed E-state index contributed by atoms with van der Waals surface area (Å²) in [7, 11) is 0. The molecule has 1 aliphatic heterocycles. The van der Waals surface area contributed by atoms with Crippen molar-refractivity contribution in [2.24, 2.45) is 0 Å². The molecule has 1 saturated heterocycles. The predicted molar refractivity (Wildman–Crippen MR) is 140 cm³/mol. The number of nitrogens with zero attached hydrogens (tertiary/aromatic N) is 1. The number of anilines is 1. The van der Waals surface area contributed by atoms with Crippen molar-refractivity contribution >= 4 is 51.9 Å². The van der Waals surface area contributed by atoms with Crippen LogP contribution in [0.5, 0.6) is 0 Å². The zero-order valence-electron chi connectivity index (χ0n) is 18.4. The highest BCUT2D eigenvalue weighted by atomic mass is 35.5. The van der Waals surface area contributed by atoms with Crippen LogP contribution in [0.4, 0.5) is 5.69 Å². The van der Waals surface area contributed by atoms with Gasteiger partial charge in [-0.25, -0.2) is 0 Å². The van der Waals surface area contributed by atoms with E-state index in [-0.39, 0.29) is 11.4 Å². The first-order valence-corrected chi connectivity index (χ1v) is 12.1. The number of fused-ring (bicyclic) bond motifs is 1. The molecule has 2 heterocycles. The minimum atomic E-state index is -0.251. The van der Waals surface area contributed by atoms with Crippen molar-refractivity contribution in [2.75, 3.05) is 5.32 Å². The Balaban J connectivity index is 1.47. The number of aryl methyl sites for hydroxylation is 1. The standard InChI is InChI=1S/C27H24ClN3OS/c1-17-12-13-20(28)14-23(17)29-27-30-26(32)25(33-27)15-22-18(2)31(16-19-8-4-3-5-9-19)24-11-7-6-10-21(22)24/h3-15,27,29H,16H2,1-2H3,(H,30,32)/b25-15-. The second kappa shape index (κ2) is 9.00. The maximum atomic E-state index is 12.8. The van der Waals surface area contributed by atoms with E-state index in [1.54, 1.807) is 0 Å². The summed E-state index contributed by atoms with van der Waals surface area (Å²) in [6.45, 7) is 4.92. The molecule has 1 atom stereocenters. The van der Waals surface area contributed by atoms with Gasteiger partial charge >= 0.3 is 0 Å². The van der Waals surface area contributed by atoms with Crippen LogP contribution >= 0.6 is 23.4 Å². The van der Waals surface area contributed by atoms with Crippen molar-refractivity contribution in [1.82, 2.24) is 9.88 Å². The van der Waals surface area contributed by atoms with Gasteiger partial charge < -0.3 is 15.2 Å². The third kappa shape index (κ3) is 4.39. The minimum absolute atomic E-state index is 0.0727. The van der Waals surface area contributed by atoms with Crippen LogP contribution < -0.4 is 10.6 Å². The Kier molecular flexibility index (Phi) is 5.92. The Labute approximate surface area is 202 Å². The normalized spacial score (nSPS) is 17.0. The van der Waals surface area contributed by atoms with E-state index in [2.05, 4.69) is 64.6 Å². The van der Waals surface area contributed by atoms with Crippen LogP contribution in [0.1, 0.15) is 22.4 Å². The minimum Gasteiger partial charge on any atom is -0.356 e. The van der Waals surface area contributed by atoms with Crippen molar-refractivity contribution in [3.8, 4) is 0 Å². The molecule has 4 aromatic rings. The summed E-state index contributed by atoms with van der Waals surface area (Å²) in [4.78, 5) is 13.5. The van der Waals surface area contributed by atoms with Crippen LogP contribution in [0.25, 0.3) is 17.0 Å². The molecule has 2 N–H and O–H groups in total. The number of amides is 1. The number of nitrogens with one attached hydrogen (secondary N) is 2. The van der Waals surface area contributed by atoms with E-state index in [1.807, 2.05) is 43.3 Å². The molecule has 0 saturated carbocycles.